The summed E-state index contributed by atoms with van der Waals surface area (Å²) in [5, 5.41) is 6.55. The molecule has 0 saturated carbocycles. The molecule has 60 heavy (non-hydrogen) atoms. The van der Waals surface area contributed by atoms with Gasteiger partial charge in [0.05, 0.1) is 20.6 Å². The third-order valence-electron chi connectivity index (χ3n) is 10.3. The van der Waals surface area contributed by atoms with E-state index < -0.39 is 44.3 Å². The fourth-order valence-electron chi connectivity index (χ4n) is 7.31. The van der Waals surface area contributed by atoms with Crippen LogP contribution in [0.1, 0.15) is 61.8 Å². The van der Waals surface area contributed by atoms with E-state index in [0.29, 0.717) is 23.0 Å². The summed E-state index contributed by atoms with van der Waals surface area (Å²) < 4.78 is 79.6. The third-order valence-corrected chi connectivity index (χ3v) is 11.6. The Hall–Kier alpha value is -4.20. The van der Waals surface area contributed by atoms with Gasteiger partial charge in [0.15, 0.2) is 0 Å². The monoisotopic (exact) mass is 941 g/mol. The van der Waals surface area contributed by atoms with Crippen LogP contribution in [0.4, 0.5) is 26.3 Å². The molecule has 306 valence electrons. The zero-order valence-electron chi connectivity index (χ0n) is 33.1. The van der Waals surface area contributed by atoms with Crippen molar-refractivity contribution in [3.63, 3.8) is 0 Å². The van der Waals surface area contributed by atoms with Gasteiger partial charge in [-0.15, -0.1) is 74.6 Å². The zero-order chi connectivity index (χ0) is 43.2. The molecular formula is C50H39Cl2F6SiZr-3. The smallest absolute Gasteiger partial charge is 0.0920 e. The molecule has 0 atom stereocenters. The van der Waals surface area contributed by atoms with Gasteiger partial charge in [-0.05, 0) is 35.1 Å². The van der Waals surface area contributed by atoms with Crippen LogP contribution in [0, 0.1) is 6.07 Å². The molecule has 0 bridgehead atoms. The van der Waals surface area contributed by atoms with E-state index in [0.717, 1.165) is 54.3 Å². The van der Waals surface area contributed by atoms with Crippen molar-refractivity contribution < 1.29 is 47.2 Å². The molecule has 10 heteroatoms. The molecule has 0 nitrogen and oxygen atoms in total. The van der Waals surface area contributed by atoms with Gasteiger partial charge in [-0.3, -0.25) is 0 Å². The van der Waals surface area contributed by atoms with Gasteiger partial charge in [0.25, 0.3) is 0 Å². The Morgan fingerprint density at radius 1 is 0.517 bits per heavy atom. The van der Waals surface area contributed by atoms with Crippen LogP contribution in [0.15, 0.2) is 152 Å². The number of fused-ring (bicyclic) bond motifs is 5. The van der Waals surface area contributed by atoms with E-state index in [2.05, 4.69) is 82.3 Å². The van der Waals surface area contributed by atoms with Gasteiger partial charge >= 0.3 is 50.2 Å². The van der Waals surface area contributed by atoms with Gasteiger partial charge in [0, 0.05) is 0 Å². The molecule has 2 radical (unpaired) electrons. The molecule has 8 aromatic rings. The molecule has 0 aromatic heterocycles. The minimum absolute atomic E-state index is 0.238. The number of hydrogen-bond donors (Lipinski definition) is 0. The quantitative estimate of drug-likeness (QED) is 0.0937. The van der Waals surface area contributed by atoms with Crippen LogP contribution in [-0.2, 0) is 33.2 Å². The average Bonchev–Trinajstić information content (AvgIpc) is 3.97. The summed E-state index contributed by atoms with van der Waals surface area (Å²) in [5.41, 5.74) is 5.63. The molecule has 9 rings (SSSR count). The Morgan fingerprint density at radius 3 is 1.37 bits per heavy atom. The van der Waals surface area contributed by atoms with Crippen LogP contribution >= 0.6 is 17.0 Å². The maximum absolute atomic E-state index is 13.3. The van der Waals surface area contributed by atoms with Crippen LogP contribution < -0.4 is 10.4 Å². The van der Waals surface area contributed by atoms with E-state index in [-0.39, 0.29) is 11.1 Å². The van der Waals surface area contributed by atoms with Crippen molar-refractivity contribution in [2.24, 2.45) is 0 Å². The molecule has 0 saturated heterocycles. The van der Waals surface area contributed by atoms with Gasteiger partial charge < -0.3 is 0 Å². The largest absolute Gasteiger partial charge is 0.184 e. The summed E-state index contributed by atoms with van der Waals surface area (Å²) in [6, 6.07) is 48.8. The molecule has 0 amide bonds. The summed E-state index contributed by atoms with van der Waals surface area (Å²) >= 11 is -0.826. The van der Waals surface area contributed by atoms with E-state index >= 15 is 0 Å². The summed E-state index contributed by atoms with van der Waals surface area (Å²) in [5.74, 6) is 0.691. The van der Waals surface area contributed by atoms with Crippen molar-refractivity contribution in [1.82, 2.24) is 0 Å². The molecular weight excluding hydrogens is 905 g/mol. The SMILES string of the molecule is CC(C)c1cc2c(-c3ccccc3C(F)(F)F)cccc2[cH-]1.CC(C)c1cc2c(-c3ccccc3C(F)(F)F)cccc2[cH-]1.[Cl][Zr][Cl].[c-]1cccc2c1[Si]c1ccccc1-2. The molecule has 0 spiro atoms. The maximum atomic E-state index is 13.3. The first kappa shape index (κ1) is 45.3. The van der Waals surface area contributed by atoms with E-state index in [9.17, 15) is 26.3 Å². The Morgan fingerprint density at radius 2 is 0.917 bits per heavy atom. The molecule has 0 fully saturated rings. The van der Waals surface area contributed by atoms with E-state index in [1.54, 1.807) is 36.4 Å². The first-order valence-corrected chi connectivity index (χ1v) is 26.5. The first-order chi connectivity index (χ1) is 28.6. The second kappa shape index (κ2) is 19.7. The van der Waals surface area contributed by atoms with Crippen molar-refractivity contribution >= 4 is 58.5 Å². The number of halogens is 8. The molecule has 8 aromatic carbocycles. The minimum atomic E-state index is -4.35. The van der Waals surface area contributed by atoms with Crippen molar-refractivity contribution in [3.05, 3.63) is 180 Å². The van der Waals surface area contributed by atoms with Crippen molar-refractivity contribution in [2.75, 3.05) is 0 Å². The number of benzene rings is 6. The summed E-state index contributed by atoms with van der Waals surface area (Å²) in [6.45, 7) is 8.32. The average molecular weight is 944 g/mol. The molecule has 1 aliphatic heterocycles. The third kappa shape index (κ3) is 10.5. The van der Waals surface area contributed by atoms with Crippen LogP contribution in [-0.4, -0.2) is 9.52 Å². The standard InChI is InChI=1S/2C19H16F3.C12H7Si.2ClH.Zr/c2*1-12(2)14-10-13-6-5-8-15(17(13)11-14)16-7-3-4-9-18(16)19(20,21)22;1-3-7-11-9(5-1)10-6-2-4-8-12(10)13-11;;;/h2*3-12H,1-2H3;1-7H;2*1H;/q3*-1;;;+2/p-2. The normalized spacial score (nSPS) is 11.9. The van der Waals surface area contributed by atoms with Crippen molar-refractivity contribution in [1.29, 1.82) is 0 Å². The Bertz CT molecular complexity index is 2510. The van der Waals surface area contributed by atoms with E-state index in [4.69, 9.17) is 17.0 Å². The van der Waals surface area contributed by atoms with Crippen molar-refractivity contribution in [3.8, 4) is 33.4 Å². The summed E-state index contributed by atoms with van der Waals surface area (Å²) in [7, 11) is 10.7. The second-order valence-electron chi connectivity index (χ2n) is 14.8. The number of hydrogen-bond acceptors (Lipinski definition) is 0. The Balaban J connectivity index is 0.000000150. The predicted molar refractivity (Wildman–Crippen MR) is 236 cm³/mol. The fourth-order valence-corrected chi connectivity index (χ4v) is 8.62. The zero-order valence-corrected chi connectivity index (χ0v) is 38.1. The molecule has 0 N–H and O–H groups in total. The van der Waals surface area contributed by atoms with Gasteiger partial charge in [-0.2, -0.15) is 67.9 Å². The topological polar surface area (TPSA) is 0 Å². The number of alkyl halides is 6. The predicted octanol–water partition coefficient (Wildman–Crippen LogP) is 15.2. The van der Waals surface area contributed by atoms with Crippen LogP contribution in [0.2, 0.25) is 0 Å². The minimum Gasteiger partial charge on any atom is -0.184 e. The van der Waals surface area contributed by atoms with E-state index in [1.165, 1.54) is 33.6 Å². The molecule has 1 heterocycles. The maximum Gasteiger partial charge on any atom is 0.0920 e. The van der Waals surface area contributed by atoms with E-state index in [1.807, 2.05) is 42.5 Å². The molecule has 0 aliphatic carbocycles. The van der Waals surface area contributed by atoms with Gasteiger partial charge in [-0.1, -0.05) is 122 Å². The van der Waals surface area contributed by atoms with Gasteiger partial charge in [0.1, 0.15) is 0 Å². The number of rotatable bonds is 4. The molecule has 1 aliphatic rings. The van der Waals surface area contributed by atoms with Gasteiger partial charge in [-0.25, -0.2) is 0 Å². The second-order valence-corrected chi connectivity index (χ2v) is 19.8. The van der Waals surface area contributed by atoms with Crippen molar-refractivity contribution in [2.45, 2.75) is 51.9 Å². The summed E-state index contributed by atoms with van der Waals surface area (Å²) in [4.78, 5) is 0. The molecule has 0 unspecified atom stereocenters. The summed E-state index contributed by atoms with van der Waals surface area (Å²) in [6.07, 6.45) is -8.71. The van der Waals surface area contributed by atoms with Crippen LogP contribution in [0.25, 0.3) is 54.9 Å². The Labute approximate surface area is 368 Å². The van der Waals surface area contributed by atoms with Gasteiger partial charge in [0.2, 0.25) is 0 Å². The fraction of sp³-hybridized carbons (Fsp3) is 0.160. The van der Waals surface area contributed by atoms with Crippen LogP contribution in [0.3, 0.4) is 0 Å². The Kier molecular flexibility index (Phi) is 14.9. The first-order valence-electron chi connectivity index (χ1n) is 19.2. The van der Waals surface area contributed by atoms with Crippen LogP contribution in [0.5, 0.6) is 0 Å².